The Morgan fingerprint density at radius 1 is 1.04 bits per heavy atom. The van der Waals surface area contributed by atoms with Gasteiger partial charge in [-0.1, -0.05) is 55.0 Å². The number of amides is 1. The molecule has 2 aromatic carbocycles. The molecule has 4 nitrogen and oxygen atoms in total. The fraction of sp³-hybridized carbons (Fsp3) is 0.333. The lowest BCUT2D eigenvalue weighted by Gasteiger charge is -2.18. The first-order chi connectivity index (χ1) is 12.0. The van der Waals surface area contributed by atoms with Crippen molar-refractivity contribution in [3.8, 4) is 0 Å². The third kappa shape index (κ3) is 5.45. The number of nitrogens with one attached hydrogen (secondary N) is 1. The highest BCUT2D eigenvalue weighted by Crippen LogP contribution is 2.18. The van der Waals surface area contributed by atoms with E-state index >= 15 is 0 Å². The summed E-state index contributed by atoms with van der Waals surface area (Å²) in [6.07, 6.45) is 0.0871. The molecule has 0 radical (unpaired) electrons. The summed E-state index contributed by atoms with van der Waals surface area (Å²) in [5.41, 5.74) is 2.70. The van der Waals surface area contributed by atoms with Gasteiger partial charge in [-0.05, 0) is 38.0 Å². The van der Waals surface area contributed by atoms with Crippen LogP contribution in [0.5, 0.6) is 0 Å². The van der Waals surface area contributed by atoms with Crippen molar-refractivity contribution in [3.05, 3.63) is 71.3 Å². The maximum atomic E-state index is 12.2. The van der Waals surface area contributed by atoms with Gasteiger partial charge in [-0.25, -0.2) is 4.79 Å². The third-order valence-corrected chi connectivity index (χ3v) is 4.23. The van der Waals surface area contributed by atoms with Crippen LogP contribution in [0.3, 0.4) is 0 Å². The zero-order valence-electron chi connectivity index (χ0n) is 15.0. The summed E-state index contributed by atoms with van der Waals surface area (Å²) in [5.74, 6) is -0.530. The van der Waals surface area contributed by atoms with Crippen LogP contribution in [0.2, 0.25) is 0 Å². The molecular weight excluding hydrogens is 314 g/mol. The molecule has 2 aromatic rings. The summed E-state index contributed by atoms with van der Waals surface area (Å²) in [7, 11) is 0. The second kappa shape index (κ2) is 9.02. The van der Waals surface area contributed by atoms with Gasteiger partial charge in [0, 0.05) is 12.5 Å². The number of carbonyl (C=O) groups is 2. The lowest BCUT2D eigenvalue weighted by Crippen LogP contribution is -2.38. The Bertz CT molecular complexity index is 695. The standard InChI is InChI=1S/C21H25NO3/c1-4-17(18-8-6-5-7-9-18)14-22-20(23)16(3)25-21(24)19-12-10-15(2)11-13-19/h5-13,16-17H,4,14H2,1-3H3,(H,22,23)/t16-,17+/m1/s1. The maximum Gasteiger partial charge on any atom is 0.338 e. The molecule has 0 aromatic heterocycles. The highest BCUT2D eigenvalue weighted by Gasteiger charge is 2.20. The molecule has 4 heteroatoms. The molecule has 25 heavy (non-hydrogen) atoms. The van der Waals surface area contributed by atoms with Crippen molar-refractivity contribution in [2.24, 2.45) is 0 Å². The summed E-state index contributed by atoms with van der Waals surface area (Å²) in [6.45, 7) is 6.14. The number of carbonyl (C=O) groups excluding carboxylic acids is 2. The average molecular weight is 339 g/mol. The third-order valence-electron chi connectivity index (χ3n) is 4.23. The molecule has 0 heterocycles. The van der Waals surface area contributed by atoms with E-state index in [0.717, 1.165) is 12.0 Å². The Hall–Kier alpha value is -2.62. The summed E-state index contributed by atoms with van der Waals surface area (Å²) in [6, 6.07) is 17.1. The van der Waals surface area contributed by atoms with Crippen LogP contribution in [0.25, 0.3) is 0 Å². The highest BCUT2D eigenvalue weighted by molar-refractivity contribution is 5.92. The van der Waals surface area contributed by atoms with Crippen molar-refractivity contribution in [2.75, 3.05) is 6.54 Å². The van der Waals surface area contributed by atoms with Gasteiger partial charge in [0.15, 0.2) is 6.10 Å². The Morgan fingerprint density at radius 2 is 1.68 bits per heavy atom. The van der Waals surface area contributed by atoms with Crippen LogP contribution < -0.4 is 5.32 Å². The van der Waals surface area contributed by atoms with Crippen molar-refractivity contribution < 1.29 is 14.3 Å². The lowest BCUT2D eigenvalue weighted by atomic mass is 9.96. The van der Waals surface area contributed by atoms with Crippen molar-refractivity contribution >= 4 is 11.9 Å². The first kappa shape index (κ1) is 18.7. The largest absolute Gasteiger partial charge is 0.449 e. The van der Waals surface area contributed by atoms with Gasteiger partial charge in [0.25, 0.3) is 5.91 Å². The quantitative estimate of drug-likeness (QED) is 0.780. The molecule has 2 rings (SSSR count). The molecule has 2 atom stereocenters. The summed E-state index contributed by atoms with van der Waals surface area (Å²) in [4.78, 5) is 24.3. The normalized spacial score (nSPS) is 12.9. The molecule has 0 fully saturated rings. The molecule has 0 saturated heterocycles. The van der Waals surface area contributed by atoms with E-state index < -0.39 is 12.1 Å². The number of rotatable bonds is 7. The molecule has 132 valence electrons. The fourth-order valence-corrected chi connectivity index (χ4v) is 2.56. The van der Waals surface area contributed by atoms with Crippen LogP contribution in [-0.2, 0) is 9.53 Å². The minimum absolute atomic E-state index is 0.241. The maximum absolute atomic E-state index is 12.2. The molecular formula is C21H25NO3. The first-order valence-electron chi connectivity index (χ1n) is 8.61. The minimum Gasteiger partial charge on any atom is -0.449 e. The predicted octanol–water partition coefficient (Wildman–Crippen LogP) is 3.85. The van der Waals surface area contributed by atoms with Gasteiger partial charge < -0.3 is 10.1 Å². The summed E-state index contributed by atoms with van der Waals surface area (Å²) < 4.78 is 5.26. The monoisotopic (exact) mass is 339 g/mol. The van der Waals surface area contributed by atoms with E-state index in [2.05, 4.69) is 24.4 Å². The Balaban J connectivity index is 1.87. The van der Waals surface area contributed by atoms with Crippen molar-refractivity contribution in [1.82, 2.24) is 5.32 Å². The molecule has 1 N–H and O–H groups in total. The molecule has 0 bridgehead atoms. The minimum atomic E-state index is -0.831. The zero-order chi connectivity index (χ0) is 18.2. The molecule has 0 saturated carbocycles. The Morgan fingerprint density at radius 3 is 2.28 bits per heavy atom. The van der Waals surface area contributed by atoms with E-state index in [4.69, 9.17) is 4.74 Å². The van der Waals surface area contributed by atoms with E-state index in [1.807, 2.05) is 37.3 Å². The van der Waals surface area contributed by atoms with Crippen molar-refractivity contribution in [2.45, 2.75) is 39.2 Å². The number of ether oxygens (including phenoxy) is 1. The fourth-order valence-electron chi connectivity index (χ4n) is 2.56. The van der Waals surface area contributed by atoms with E-state index in [-0.39, 0.29) is 11.8 Å². The Labute approximate surface area is 149 Å². The van der Waals surface area contributed by atoms with E-state index in [9.17, 15) is 9.59 Å². The summed E-state index contributed by atoms with van der Waals surface area (Å²) >= 11 is 0. The molecule has 0 aliphatic heterocycles. The molecule has 0 aliphatic carbocycles. The van der Waals surface area contributed by atoms with Crippen LogP contribution in [0.1, 0.15) is 47.7 Å². The molecule has 0 spiro atoms. The van der Waals surface area contributed by atoms with Gasteiger partial charge in [0.05, 0.1) is 5.56 Å². The number of hydrogen-bond acceptors (Lipinski definition) is 3. The van der Waals surface area contributed by atoms with Gasteiger partial charge >= 0.3 is 5.97 Å². The van der Waals surface area contributed by atoms with E-state index in [0.29, 0.717) is 12.1 Å². The van der Waals surface area contributed by atoms with E-state index in [1.54, 1.807) is 19.1 Å². The van der Waals surface area contributed by atoms with Crippen molar-refractivity contribution in [3.63, 3.8) is 0 Å². The first-order valence-corrected chi connectivity index (χ1v) is 8.61. The molecule has 0 aliphatic rings. The van der Waals surface area contributed by atoms with Crippen molar-refractivity contribution in [1.29, 1.82) is 0 Å². The van der Waals surface area contributed by atoms with Crippen LogP contribution in [0.15, 0.2) is 54.6 Å². The Kier molecular flexibility index (Phi) is 6.75. The SMILES string of the molecule is CC[C@@H](CNC(=O)[C@@H](C)OC(=O)c1ccc(C)cc1)c1ccccc1. The average Bonchev–Trinajstić information content (AvgIpc) is 2.63. The molecule has 1 amide bonds. The van der Waals surface area contributed by atoms with Gasteiger partial charge in [-0.3, -0.25) is 4.79 Å². The second-order valence-corrected chi connectivity index (χ2v) is 6.17. The number of hydrogen-bond donors (Lipinski definition) is 1. The van der Waals surface area contributed by atoms with Gasteiger partial charge in [-0.2, -0.15) is 0 Å². The van der Waals surface area contributed by atoms with Crippen LogP contribution in [0, 0.1) is 6.92 Å². The van der Waals surface area contributed by atoms with Crippen LogP contribution >= 0.6 is 0 Å². The van der Waals surface area contributed by atoms with Gasteiger partial charge in [-0.15, -0.1) is 0 Å². The van der Waals surface area contributed by atoms with Gasteiger partial charge in [0.1, 0.15) is 0 Å². The van der Waals surface area contributed by atoms with Gasteiger partial charge in [0.2, 0.25) is 0 Å². The van der Waals surface area contributed by atoms with Crippen LogP contribution in [-0.4, -0.2) is 24.5 Å². The number of aryl methyl sites for hydroxylation is 1. The smallest absolute Gasteiger partial charge is 0.338 e. The topological polar surface area (TPSA) is 55.4 Å². The number of esters is 1. The van der Waals surface area contributed by atoms with Crippen LogP contribution in [0.4, 0.5) is 0 Å². The lowest BCUT2D eigenvalue weighted by molar-refractivity contribution is -0.129. The second-order valence-electron chi connectivity index (χ2n) is 6.17. The number of benzene rings is 2. The molecule has 0 unspecified atom stereocenters. The zero-order valence-corrected chi connectivity index (χ0v) is 15.0. The predicted molar refractivity (Wildman–Crippen MR) is 98.5 cm³/mol. The highest BCUT2D eigenvalue weighted by atomic mass is 16.5. The summed E-state index contributed by atoms with van der Waals surface area (Å²) in [5, 5.41) is 2.88. The van der Waals surface area contributed by atoms with E-state index in [1.165, 1.54) is 5.56 Å².